The summed E-state index contributed by atoms with van der Waals surface area (Å²) in [6.45, 7) is 6.79. The van der Waals surface area contributed by atoms with Gasteiger partial charge in [0.15, 0.2) is 0 Å². The molecule has 36 heavy (non-hydrogen) atoms. The topological polar surface area (TPSA) is 96.8 Å². The molecule has 2 aromatic carbocycles. The minimum absolute atomic E-state index is 0.0882. The number of nitrogens with zero attached hydrogens (tertiary/aromatic N) is 4. The normalized spacial score (nSPS) is 15.0. The third kappa shape index (κ3) is 5.24. The quantitative estimate of drug-likeness (QED) is 0.332. The van der Waals surface area contributed by atoms with E-state index in [1.165, 1.54) is 5.56 Å². The lowest BCUT2D eigenvalue weighted by atomic mass is 9.94. The molecule has 1 aliphatic rings. The summed E-state index contributed by atoms with van der Waals surface area (Å²) >= 11 is 6.04. The van der Waals surface area contributed by atoms with Crippen molar-refractivity contribution >= 4 is 34.8 Å². The molecule has 2 aromatic heterocycles. The van der Waals surface area contributed by atoms with Gasteiger partial charge in [0, 0.05) is 46.9 Å². The Morgan fingerprint density at radius 1 is 1.14 bits per heavy atom. The molecule has 0 aliphatic carbocycles. The van der Waals surface area contributed by atoms with Gasteiger partial charge in [-0.05, 0) is 74.2 Å². The molecule has 1 unspecified atom stereocenters. The molecule has 5 rings (SSSR count). The largest absolute Gasteiger partial charge is 0.325 e. The smallest absolute Gasteiger partial charge is 0.241 e. The van der Waals surface area contributed by atoms with Crippen LogP contribution in [0.5, 0.6) is 0 Å². The lowest BCUT2D eigenvalue weighted by Gasteiger charge is -2.26. The molecule has 1 amide bonds. The van der Waals surface area contributed by atoms with Crippen LogP contribution in [0.4, 0.5) is 17.3 Å². The number of rotatable bonds is 6. The Labute approximate surface area is 215 Å². The van der Waals surface area contributed by atoms with E-state index in [4.69, 9.17) is 16.6 Å². The molecule has 0 spiro atoms. The first-order valence-electron chi connectivity index (χ1n) is 11.9. The number of hydrogen-bond donors (Lipinski definition) is 3. The van der Waals surface area contributed by atoms with Crippen LogP contribution in [0, 0.1) is 6.92 Å². The van der Waals surface area contributed by atoms with Crippen molar-refractivity contribution < 1.29 is 4.79 Å². The predicted molar refractivity (Wildman–Crippen MR) is 143 cm³/mol. The maximum atomic E-state index is 12.9. The van der Waals surface area contributed by atoms with Crippen LogP contribution in [-0.4, -0.2) is 31.7 Å². The van der Waals surface area contributed by atoms with Gasteiger partial charge in [0.2, 0.25) is 11.9 Å². The van der Waals surface area contributed by atoms with Crippen LogP contribution in [0.25, 0.3) is 11.3 Å². The van der Waals surface area contributed by atoms with E-state index >= 15 is 0 Å². The number of fused-ring (bicyclic) bond motifs is 1. The van der Waals surface area contributed by atoms with Gasteiger partial charge in [-0.3, -0.25) is 9.48 Å². The first-order chi connectivity index (χ1) is 17.4. The van der Waals surface area contributed by atoms with Gasteiger partial charge in [-0.1, -0.05) is 23.7 Å². The lowest BCUT2D eigenvalue weighted by molar-refractivity contribution is -0.118. The highest BCUT2D eigenvalue weighted by atomic mass is 35.5. The summed E-state index contributed by atoms with van der Waals surface area (Å²) in [5.41, 5.74) is 6.61. The zero-order valence-corrected chi connectivity index (χ0v) is 21.2. The standard InChI is InChI=1S/C27H28ClN7O/c1-16(2)35-15-20(14-31-35)25-17(3)12-30-27(34-25)33-23-8-7-18-13-29-24(10-19(18)9-23)26(36)32-22-6-4-5-21(28)11-22/h4-9,11-12,14-16,24,29H,10,13H2,1-3H3,(H,32,36)(H,30,33,34). The summed E-state index contributed by atoms with van der Waals surface area (Å²) in [5, 5.41) is 14.6. The van der Waals surface area contributed by atoms with Crippen molar-refractivity contribution in [2.45, 2.75) is 45.8 Å². The zero-order chi connectivity index (χ0) is 25.2. The maximum absolute atomic E-state index is 12.9. The Morgan fingerprint density at radius 3 is 2.78 bits per heavy atom. The maximum Gasteiger partial charge on any atom is 0.241 e. The summed E-state index contributed by atoms with van der Waals surface area (Å²) in [4.78, 5) is 22.1. The third-order valence-corrected chi connectivity index (χ3v) is 6.44. The van der Waals surface area contributed by atoms with Crippen LogP contribution in [0.1, 0.15) is 36.6 Å². The highest BCUT2D eigenvalue weighted by Crippen LogP contribution is 2.26. The van der Waals surface area contributed by atoms with Gasteiger partial charge in [0.1, 0.15) is 0 Å². The van der Waals surface area contributed by atoms with Crippen molar-refractivity contribution in [3.63, 3.8) is 0 Å². The number of hydrogen-bond acceptors (Lipinski definition) is 6. The van der Waals surface area contributed by atoms with E-state index in [0.29, 0.717) is 29.6 Å². The van der Waals surface area contributed by atoms with Crippen molar-refractivity contribution in [1.82, 2.24) is 25.1 Å². The van der Waals surface area contributed by atoms with E-state index in [2.05, 4.69) is 52.0 Å². The van der Waals surface area contributed by atoms with Crippen molar-refractivity contribution in [1.29, 1.82) is 0 Å². The Bertz CT molecular complexity index is 1420. The molecule has 3 heterocycles. The van der Waals surface area contributed by atoms with E-state index in [9.17, 15) is 4.79 Å². The van der Waals surface area contributed by atoms with Gasteiger partial charge in [-0.25, -0.2) is 9.97 Å². The van der Waals surface area contributed by atoms with Gasteiger partial charge in [-0.2, -0.15) is 5.10 Å². The van der Waals surface area contributed by atoms with E-state index < -0.39 is 0 Å². The second-order valence-electron chi connectivity index (χ2n) is 9.27. The number of anilines is 3. The van der Waals surface area contributed by atoms with Crippen molar-refractivity contribution in [2.75, 3.05) is 10.6 Å². The average Bonchev–Trinajstić information content (AvgIpc) is 3.35. The van der Waals surface area contributed by atoms with Gasteiger partial charge in [0.05, 0.1) is 17.9 Å². The van der Waals surface area contributed by atoms with Crippen LogP contribution in [-0.2, 0) is 17.8 Å². The summed E-state index contributed by atoms with van der Waals surface area (Å²) in [6.07, 6.45) is 6.23. The molecular formula is C27H28ClN7O. The Hall–Kier alpha value is -3.75. The Morgan fingerprint density at radius 2 is 2.00 bits per heavy atom. The SMILES string of the molecule is Cc1cnc(Nc2ccc3c(c2)CC(C(=O)Nc2cccc(Cl)c2)NC3)nc1-c1cnn(C(C)C)c1. The van der Waals surface area contributed by atoms with Crippen molar-refractivity contribution in [3.8, 4) is 11.3 Å². The first kappa shape index (κ1) is 24.0. The molecule has 184 valence electrons. The lowest BCUT2D eigenvalue weighted by Crippen LogP contribution is -2.44. The van der Waals surface area contributed by atoms with Crippen molar-refractivity contribution in [2.24, 2.45) is 0 Å². The molecule has 1 atom stereocenters. The van der Waals surface area contributed by atoms with Crippen LogP contribution in [0.15, 0.2) is 61.1 Å². The van der Waals surface area contributed by atoms with Gasteiger partial charge in [-0.15, -0.1) is 0 Å². The summed E-state index contributed by atoms with van der Waals surface area (Å²) in [5.74, 6) is 0.423. The summed E-state index contributed by atoms with van der Waals surface area (Å²) in [6, 6.07) is 13.2. The Balaban J connectivity index is 1.31. The fraction of sp³-hybridized carbons (Fsp3) is 0.259. The van der Waals surface area contributed by atoms with Gasteiger partial charge in [0.25, 0.3) is 0 Å². The zero-order valence-electron chi connectivity index (χ0n) is 20.4. The molecule has 0 radical (unpaired) electrons. The second kappa shape index (κ2) is 10.1. The number of aryl methyl sites for hydroxylation is 1. The Kier molecular flexibility index (Phi) is 6.71. The predicted octanol–water partition coefficient (Wildman–Crippen LogP) is 5.28. The molecule has 0 saturated carbocycles. The fourth-order valence-electron chi connectivity index (χ4n) is 4.24. The molecule has 8 nitrogen and oxygen atoms in total. The molecule has 3 N–H and O–H groups in total. The third-order valence-electron chi connectivity index (χ3n) is 6.21. The van der Waals surface area contributed by atoms with Crippen LogP contribution < -0.4 is 16.0 Å². The molecule has 4 aromatic rings. The number of aromatic nitrogens is 4. The number of benzene rings is 2. The highest BCUT2D eigenvalue weighted by Gasteiger charge is 2.24. The molecule has 0 bridgehead atoms. The fourth-order valence-corrected chi connectivity index (χ4v) is 4.43. The number of halogens is 1. The monoisotopic (exact) mass is 501 g/mol. The van der Waals surface area contributed by atoms with Crippen LogP contribution in [0.3, 0.4) is 0 Å². The number of amides is 1. The van der Waals surface area contributed by atoms with Gasteiger partial charge >= 0.3 is 0 Å². The van der Waals surface area contributed by atoms with E-state index in [1.54, 1.807) is 12.1 Å². The van der Waals surface area contributed by atoms with Crippen molar-refractivity contribution in [3.05, 3.63) is 82.8 Å². The average molecular weight is 502 g/mol. The number of nitrogens with one attached hydrogen (secondary N) is 3. The summed E-state index contributed by atoms with van der Waals surface area (Å²) < 4.78 is 1.92. The van der Waals surface area contributed by atoms with Crippen LogP contribution >= 0.6 is 11.6 Å². The molecule has 0 fully saturated rings. The van der Waals surface area contributed by atoms with E-state index in [1.807, 2.05) is 48.4 Å². The molecule has 9 heteroatoms. The number of carbonyl (C=O) groups excluding carboxylic acids is 1. The molecular weight excluding hydrogens is 474 g/mol. The molecule has 1 aliphatic heterocycles. The number of carbonyl (C=O) groups is 1. The summed E-state index contributed by atoms with van der Waals surface area (Å²) in [7, 11) is 0. The first-order valence-corrected chi connectivity index (χ1v) is 12.3. The van der Waals surface area contributed by atoms with E-state index in [-0.39, 0.29) is 18.0 Å². The van der Waals surface area contributed by atoms with Gasteiger partial charge < -0.3 is 16.0 Å². The minimum Gasteiger partial charge on any atom is -0.325 e. The minimum atomic E-state index is -0.341. The second-order valence-corrected chi connectivity index (χ2v) is 9.71. The molecule has 0 saturated heterocycles. The highest BCUT2D eigenvalue weighted by molar-refractivity contribution is 6.30. The van der Waals surface area contributed by atoms with E-state index in [0.717, 1.165) is 28.1 Å². The van der Waals surface area contributed by atoms with Crippen LogP contribution in [0.2, 0.25) is 5.02 Å².